The van der Waals surface area contributed by atoms with E-state index in [4.69, 9.17) is 9.47 Å². The standard InChI is InChI=1S/C13H26N2O3/c1-4-13(2,17-3)12(16)15-9-10-18-11-5-7-14-8-6-11/h11,14H,4-10H2,1-3H3,(H,15,16). The molecule has 0 aromatic carbocycles. The van der Waals surface area contributed by atoms with Crippen LogP contribution in [0, 0.1) is 0 Å². The number of carbonyl (C=O) groups is 1. The summed E-state index contributed by atoms with van der Waals surface area (Å²) in [5.74, 6) is -0.0681. The Morgan fingerprint density at radius 3 is 2.67 bits per heavy atom. The molecule has 1 saturated heterocycles. The first-order chi connectivity index (χ1) is 8.62. The molecule has 1 unspecified atom stereocenters. The summed E-state index contributed by atoms with van der Waals surface area (Å²) < 4.78 is 11.0. The molecule has 0 radical (unpaired) electrons. The van der Waals surface area contributed by atoms with Crippen LogP contribution in [-0.2, 0) is 14.3 Å². The SMILES string of the molecule is CCC(C)(OC)C(=O)NCCOC1CCNCC1. The Hall–Kier alpha value is -0.650. The fraction of sp³-hybridized carbons (Fsp3) is 0.923. The third kappa shape index (κ3) is 4.55. The molecule has 0 bridgehead atoms. The van der Waals surface area contributed by atoms with Gasteiger partial charge in [0.15, 0.2) is 0 Å². The van der Waals surface area contributed by atoms with Crippen molar-refractivity contribution in [3.8, 4) is 0 Å². The molecule has 0 aliphatic carbocycles. The third-order valence-electron chi connectivity index (χ3n) is 3.63. The summed E-state index contributed by atoms with van der Waals surface area (Å²) in [6.07, 6.45) is 3.10. The van der Waals surface area contributed by atoms with Crippen LogP contribution in [0.5, 0.6) is 0 Å². The molecular formula is C13H26N2O3. The molecule has 1 heterocycles. The van der Waals surface area contributed by atoms with Crippen molar-refractivity contribution in [2.24, 2.45) is 0 Å². The Balaban J connectivity index is 2.15. The Kier molecular flexibility index (Phi) is 6.60. The second kappa shape index (κ2) is 7.71. The highest BCUT2D eigenvalue weighted by atomic mass is 16.5. The molecule has 1 fully saturated rings. The van der Waals surface area contributed by atoms with Crippen LogP contribution in [0.3, 0.4) is 0 Å². The number of carbonyl (C=O) groups excluding carboxylic acids is 1. The van der Waals surface area contributed by atoms with Crippen LogP contribution < -0.4 is 10.6 Å². The maximum Gasteiger partial charge on any atom is 0.252 e. The number of piperidine rings is 1. The van der Waals surface area contributed by atoms with E-state index in [0.29, 0.717) is 25.7 Å². The first-order valence-electron chi connectivity index (χ1n) is 6.78. The fourth-order valence-corrected chi connectivity index (χ4v) is 1.94. The lowest BCUT2D eigenvalue weighted by atomic mass is 10.0. The molecule has 1 amide bonds. The molecule has 1 aliphatic heterocycles. The molecule has 2 N–H and O–H groups in total. The molecule has 0 saturated carbocycles. The van der Waals surface area contributed by atoms with E-state index in [2.05, 4.69) is 10.6 Å². The lowest BCUT2D eigenvalue weighted by Gasteiger charge is -2.26. The molecule has 0 spiro atoms. The number of hydrogen-bond acceptors (Lipinski definition) is 4. The fourth-order valence-electron chi connectivity index (χ4n) is 1.94. The van der Waals surface area contributed by atoms with Crippen LogP contribution in [-0.4, -0.2) is 51.0 Å². The number of ether oxygens (including phenoxy) is 2. The molecule has 0 aromatic rings. The normalized spacial score (nSPS) is 20.4. The molecule has 5 heteroatoms. The van der Waals surface area contributed by atoms with Crippen LogP contribution in [0.15, 0.2) is 0 Å². The average molecular weight is 258 g/mol. The van der Waals surface area contributed by atoms with Crippen molar-refractivity contribution in [1.82, 2.24) is 10.6 Å². The lowest BCUT2D eigenvalue weighted by molar-refractivity contribution is -0.142. The smallest absolute Gasteiger partial charge is 0.252 e. The van der Waals surface area contributed by atoms with E-state index in [1.54, 1.807) is 14.0 Å². The van der Waals surface area contributed by atoms with Gasteiger partial charge in [0.2, 0.25) is 0 Å². The van der Waals surface area contributed by atoms with Crippen LogP contribution in [0.25, 0.3) is 0 Å². The largest absolute Gasteiger partial charge is 0.376 e. The number of amides is 1. The zero-order valence-electron chi connectivity index (χ0n) is 11.8. The Bertz CT molecular complexity index is 249. The molecule has 18 heavy (non-hydrogen) atoms. The van der Waals surface area contributed by atoms with Gasteiger partial charge in [0.1, 0.15) is 5.60 Å². The first-order valence-corrected chi connectivity index (χ1v) is 6.78. The molecule has 1 rings (SSSR count). The van der Waals surface area contributed by atoms with Gasteiger partial charge in [-0.05, 0) is 39.3 Å². The number of methoxy groups -OCH3 is 1. The average Bonchev–Trinajstić information content (AvgIpc) is 2.43. The van der Waals surface area contributed by atoms with E-state index in [1.807, 2.05) is 6.92 Å². The van der Waals surface area contributed by atoms with Crippen LogP contribution >= 0.6 is 0 Å². The van der Waals surface area contributed by atoms with Gasteiger partial charge in [-0.15, -0.1) is 0 Å². The molecule has 0 aromatic heterocycles. The second-order valence-corrected chi connectivity index (χ2v) is 4.86. The Morgan fingerprint density at radius 1 is 1.44 bits per heavy atom. The summed E-state index contributed by atoms with van der Waals surface area (Å²) in [6.45, 7) is 6.90. The molecule has 106 valence electrons. The van der Waals surface area contributed by atoms with Gasteiger partial charge in [0, 0.05) is 13.7 Å². The summed E-state index contributed by atoms with van der Waals surface area (Å²) in [4.78, 5) is 11.9. The topological polar surface area (TPSA) is 59.6 Å². The van der Waals surface area contributed by atoms with Crippen molar-refractivity contribution >= 4 is 5.91 Å². The maximum absolute atomic E-state index is 11.9. The number of nitrogens with one attached hydrogen (secondary N) is 2. The lowest BCUT2D eigenvalue weighted by Crippen LogP contribution is -2.46. The molecule has 1 atom stereocenters. The van der Waals surface area contributed by atoms with Gasteiger partial charge in [-0.3, -0.25) is 4.79 Å². The number of rotatable bonds is 7. The predicted molar refractivity (Wildman–Crippen MR) is 70.6 cm³/mol. The summed E-state index contributed by atoms with van der Waals surface area (Å²) in [6, 6.07) is 0. The Morgan fingerprint density at radius 2 is 2.11 bits per heavy atom. The van der Waals surface area contributed by atoms with Gasteiger partial charge in [-0.2, -0.15) is 0 Å². The van der Waals surface area contributed by atoms with E-state index in [1.165, 1.54) is 0 Å². The van der Waals surface area contributed by atoms with Gasteiger partial charge in [0.05, 0.1) is 12.7 Å². The van der Waals surface area contributed by atoms with E-state index < -0.39 is 5.60 Å². The summed E-state index contributed by atoms with van der Waals surface area (Å²) in [5.41, 5.74) is -0.727. The van der Waals surface area contributed by atoms with Gasteiger partial charge in [-0.25, -0.2) is 0 Å². The second-order valence-electron chi connectivity index (χ2n) is 4.86. The minimum atomic E-state index is -0.727. The predicted octanol–water partition coefficient (Wildman–Crippen LogP) is 0.686. The maximum atomic E-state index is 11.9. The first kappa shape index (κ1) is 15.4. The van der Waals surface area contributed by atoms with Crippen molar-refractivity contribution < 1.29 is 14.3 Å². The Labute approximate surface area is 110 Å². The quantitative estimate of drug-likeness (QED) is 0.660. The highest BCUT2D eigenvalue weighted by Gasteiger charge is 2.30. The minimum Gasteiger partial charge on any atom is -0.376 e. The zero-order valence-corrected chi connectivity index (χ0v) is 11.8. The van der Waals surface area contributed by atoms with Crippen molar-refractivity contribution in [1.29, 1.82) is 0 Å². The van der Waals surface area contributed by atoms with Gasteiger partial charge >= 0.3 is 0 Å². The minimum absolute atomic E-state index is 0.0681. The van der Waals surface area contributed by atoms with Crippen molar-refractivity contribution in [3.05, 3.63) is 0 Å². The highest BCUT2D eigenvalue weighted by Crippen LogP contribution is 2.13. The van der Waals surface area contributed by atoms with Gasteiger partial charge < -0.3 is 20.1 Å². The molecule has 5 nitrogen and oxygen atoms in total. The van der Waals surface area contributed by atoms with Crippen molar-refractivity contribution in [3.63, 3.8) is 0 Å². The summed E-state index contributed by atoms with van der Waals surface area (Å²) in [5, 5.41) is 6.15. The van der Waals surface area contributed by atoms with E-state index in [-0.39, 0.29) is 5.91 Å². The summed E-state index contributed by atoms with van der Waals surface area (Å²) >= 11 is 0. The van der Waals surface area contributed by atoms with Gasteiger partial charge in [-0.1, -0.05) is 6.92 Å². The van der Waals surface area contributed by atoms with E-state index in [9.17, 15) is 4.79 Å². The monoisotopic (exact) mass is 258 g/mol. The van der Waals surface area contributed by atoms with Crippen LogP contribution in [0.4, 0.5) is 0 Å². The third-order valence-corrected chi connectivity index (χ3v) is 3.63. The van der Waals surface area contributed by atoms with Crippen LogP contribution in [0.2, 0.25) is 0 Å². The van der Waals surface area contributed by atoms with Crippen molar-refractivity contribution in [2.75, 3.05) is 33.4 Å². The molecule has 1 aliphatic rings. The van der Waals surface area contributed by atoms with E-state index >= 15 is 0 Å². The zero-order chi connectivity index (χ0) is 13.4. The highest BCUT2D eigenvalue weighted by molar-refractivity contribution is 5.84. The van der Waals surface area contributed by atoms with E-state index in [0.717, 1.165) is 25.9 Å². The van der Waals surface area contributed by atoms with Gasteiger partial charge in [0.25, 0.3) is 5.91 Å². The van der Waals surface area contributed by atoms with Crippen molar-refractivity contribution in [2.45, 2.75) is 44.8 Å². The van der Waals surface area contributed by atoms with Crippen LogP contribution in [0.1, 0.15) is 33.1 Å². The number of hydrogen-bond donors (Lipinski definition) is 2. The molecular weight excluding hydrogens is 232 g/mol. The summed E-state index contributed by atoms with van der Waals surface area (Å²) in [7, 11) is 1.56.